The van der Waals surface area contributed by atoms with Gasteiger partial charge in [-0.25, -0.2) is 0 Å². The molecule has 2 amide bonds. The van der Waals surface area contributed by atoms with E-state index in [1.165, 1.54) is 4.90 Å². The van der Waals surface area contributed by atoms with Crippen molar-refractivity contribution < 1.29 is 14.3 Å². The Balaban J connectivity index is 1.49. The SMILES string of the molecule is CCOc1ccc(N2C(=O)/C(=C/c3cn(CC(=O)N4CCCC4)c4ccc(Br)cc34)N(C)C2=S)cc1. The normalized spacial score (nSPS) is 17.2. The highest BCUT2D eigenvalue weighted by atomic mass is 79.9. The van der Waals surface area contributed by atoms with Gasteiger partial charge in [-0.15, -0.1) is 0 Å². The summed E-state index contributed by atoms with van der Waals surface area (Å²) in [7, 11) is 1.80. The van der Waals surface area contributed by atoms with Gasteiger partial charge in [0.05, 0.1) is 12.3 Å². The molecular weight excluding hydrogens is 540 g/mol. The molecule has 2 saturated heterocycles. The number of anilines is 1. The first-order valence-corrected chi connectivity index (χ1v) is 13.2. The Morgan fingerprint density at radius 3 is 2.56 bits per heavy atom. The molecule has 5 rings (SSSR count). The highest BCUT2D eigenvalue weighted by Gasteiger charge is 2.37. The summed E-state index contributed by atoms with van der Waals surface area (Å²) in [4.78, 5) is 31.6. The van der Waals surface area contributed by atoms with Crippen molar-refractivity contribution in [2.75, 3.05) is 31.6 Å². The first-order chi connectivity index (χ1) is 17.4. The summed E-state index contributed by atoms with van der Waals surface area (Å²) in [6.45, 7) is 4.40. The van der Waals surface area contributed by atoms with Crippen LogP contribution in [0.15, 0.2) is 58.8 Å². The predicted octanol–water partition coefficient (Wildman–Crippen LogP) is 5.03. The van der Waals surface area contributed by atoms with Crippen LogP contribution in [0, 0.1) is 0 Å². The van der Waals surface area contributed by atoms with Crippen molar-refractivity contribution in [2.45, 2.75) is 26.3 Å². The first-order valence-electron chi connectivity index (χ1n) is 12.0. The van der Waals surface area contributed by atoms with E-state index in [2.05, 4.69) is 15.9 Å². The smallest absolute Gasteiger partial charge is 0.281 e. The fourth-order valence-electron chi connectivity index (χ4n) is 4.74. The van der Waals surface area contributed by atoms with Crippen LogP contribution in [0.2, 0.25) is 0 Å². The molecule has 2 aliphatic rings. The lowest BCUT2D eigenvalue weighted by Gasteiger charge is -2.16. The van der Waals surface area contributed by atoms with Crippen LogP contribution >= 0.6 is 28.1 Å². The van der Waals surface area contributed by atoms with Crippen molar-refractivity contribution >= 4 is 67.7 Å². The summed E-state index contributed by atoms with van der Waals surface area (Å²) in [5.74, 6) is 0.656. The molecule has 2 aliphatic heterocycles. The Bertz CT molecular complexity index is 1380. The highest BCUT2D eigenvalue weighted by Crippen LogP contribution is 2.32. The van der Waals surface area contributed by atoms with Gasteiger partial charge in [0, 0.05) is 47.3 Å². The van der Waals surface area contributed by atoms with Gasteiger partial charge in [0.15, 0.2) is 5.11 Å². The molecule has 36 heavy (non-hydrogen) atoms. The second-order valence-corrected chi connectivity index (χ2v) is 10.2. The number of likely N-dealkylation sites (tertiary alicyclic amines) is 1. The van der Waals surface area contributed by atoms with E-state index in [1.807, 2.05) is 71.1 Å². The van der Waals surface area contributed by atoms with Crippen molar-refractivity contribution in [1.29, 1.82) is 0 Å². The van der Waals surface area contributed by atoms with Gasteiger partial charge in [0.2, 0.25) is 5.91 Å². The van der Waals surface area contributed by atoms with Crippen LogP contribution in [-0.4, -0.2) is 58.0 Å². The summed E-state index contributed by atoms with van der Waals surface area (Å²) in [6, 6.07) is 13.3. The maximum Gasteiger partial charge on any atom is 0.281 e. The minimum atomic E-state index is -0.198. The van der Waals surface area contributed by atoms with Gasteiger partial charge in [-0.1, -0.05) is 15.9 Å². The number of hydrogen-bond acceptors (Lipinski definition) is 4. The van der Waals surface area contributed by atoms with Gasteiger partial charge in [0.1, 0.15) is 18.0 Å². The van der Waals surface area contributed by atoms with Gasteiger partial charge in [-0.05, 0) is 80.5 Å². The molecule has 0 saturated carbocycles. The number of rotatable bonds is 6. The molecule has 7 nitrogen and oxygen atoms in total. The third-order valence-corrected chi connectivity index (χ3v) is 7.55. The van der Waals surface area contributed by atoms with Crippen LogP contribution in [0.3, 0.4) is 0 Å². The molecular formula is C27H27BrN4O3S. The number of likely N-dealkylation sites (N-methyl/N-ethyl adjacent to an activating group) is 1. The molecule has 0 atom stereocenters. The van der Waals surface area contributed by atoms with Crippen molar-refractivity contribution in [3.05, 3.63) is 64.4 Å². The molecule has 0 aliphatic carbocycles. The zero-order valence-corrected chi connectivity index (χ0v) is 22.6. The molecule has 0 radical (unpaired) electrons. The van der Waals surface area contributed by atoms with Crippen LogP contribution in [0.25, 0.3) is 17.0 Å². The standard InChI is InChI=1S/C27H27BrN4O3S/c1-3-35-21-9-7-20(8-10-21)32-26(34)24(29(2)27(32)36)14-18-16-31(17-25(33)30-12-4-5-13-30)23-11-6-19(28)15-22(18)23/h6-11,14-16H,3-5,12-13,17H2,1-2H3/b24-14-. The molecule has 3 aromatic rings. The molecule has 186 valence electrons. The highest BCUT2D eigenvalue weighted by molar-refractivity contribution is 9.10. The zero-order chi connectivity index (χ0) is 25.4. The van der Waals surface area contributed by atoms with E-state index < -0.39 is 0 Å². The number of halogens is 1. The number of ether oxygens (including phenoxy) is 1. The average molecular weight is 568 g/mol. The number of fused-ring (bicyclic) bond motifs is 1. The number of nitrogens with zero attached hydrogens (tertiary/aromatic N) is 4. The second kappa shape index (κ2) is 10.1. The third kappa shape index (κ3) is 4.53. The Hall–Kier alpha value is -3.17. The van der Waals surface area contributed by atoms with Gasteiger partial charge in [-0.3, -0.25) is 14.5 Å². The van der Waals surface area contributed by atoms with E-state index in [0.717, 1.165) is 52.6 Å². The van der Waals surface area contributed by atoms with E-state index in [0.29, 0.717) is 23.1 Å². The fourth-order valence-corrected chi connectivity index (χ4v) is 5.39. The van der Waals surface area contributed by atoms with E-state index >= 15 is 0 Å². The third-order valence-electron chi connectivity index (χ3n) is 6.60. The molecule has 2 aromatic carbocycles. The number of carbonyl (C=O) groups is 2. The maximum atomic E-state index is 13.5. The first kappa shape index (κ1) is 24.5. The molecule has 0 N–H and O–H groups in total. The van der Waals surface area contributed by atoms with Crippen molar-refractivity contribution in [1.82, 2.24) is 14.4 Å². The van der Waals surface area contributed by atoms with Gasteiger partial charge in [-0.2, -0.15) is 0 Å². The molecule has 1 aromatic heterocycles. The molecule has 3 heterocycles. The lowest BCUT2D eigenvalue weighted by atomic mass is 10.1. The van der Waals surface area contributed by atoms with Gasteiger partial charge < -0.3 is 19.1 Å². The topological polar surface area (TPSA) is 58.0 Å². The molecule has 0 spiro atoms. The van der Waals surface area contributed by atoms with Crippen molar-refractivity contribution in [3.8, 4) is 5.75 Å². The van der Waals surface area contributed by atoms with Gasteiger partial charge in [0.25, 0.3) is 5.91 Å². The van der Waals surface area contributed by atoms with Crippen LogP contribution in [0.1, 0.15) is 25.3 Å². The van der Waals surface area contributed by atoms with Crippen LogP contribution in [0.5, 0.6) is 5.75 Å². The quantitative estimate of drug-likeness (QED) is 0.309. The monoisotopic (exact) mass is 566 g/mol. The summed E-state index contributed by atoms with van der Waals surface area (Å²) < 4.78 is 8.42. The summed E-state index contributed by atoms with van der Waals surface area (Å²) >= 11 is 9.20. The van der Waals surface area contributed by atoms with E-state index in [9.17, 15) is 9.59 Å². The largest absolute Gasteiger partial charge is 0.494 e. The van der Waals surface area contributed by atoms with E-state index in [4.69, 9.17) is 17.0 Å². The number of hydrogen-bond donors (Lipinski definition) is 0. The number of amides is 2. The maximum absolute atomic E-state index is 13.5. The van der Waals surface area contributed by atoms with E-state index in [1.54, 1.807) is 11.9 Å². The molecule has 0 bridgehead atoms. The lowest BCUT2D eigenvalue weighted by Crippen LogP contribution is -2.31. The van der Waals surface area contributed by atoms with E-state index in [-0.39, 0.29) is 18.4 Å². The summed E-state index contributed by atoms with van der Waals surface area (Å²) in [6.07, 6.45) is 5.92. The summed E-state index contributed by atoms with van der Waals surface area (Å²) in [5, 5.41) is 1.36. The fraction of sp³-hybridized carbons (Fsp3) is 0.296. The molecule has 0 unspecified atom stereocenters. The molecule has 9 heteroatoms. The molecule has 2 fully saturated rings. The zero-order valence-electron chi connectivity index (χ0n) is 20.2. The Morgan fingerprint density at radius 1 is 1.14 bits per heavy atom. The van der Waals surface area contributed by atoms with Crippen molar-refractivity contribution in [2.24, 2.45) is 0 Å². The van der Waals surface area contributed by atoms with Gasteiger partial charge >= 0.3 is 0 Å². The van der Waals surface area contributed by atoms with Crippen LogP contribution in [-0.2, 0) is 16.1 Å². The average Bonchev–Trinajstić information content (AvgIpc) is 3.56. The van der Waals surface area contributed by atoms with Crippen LogP contribution < -0.4 is 9.64 Å². The summed E-state index contributed by atoms with van der Waals surface area (Å²) in [5.41, 5.74) is 2.95. The van der Waals surface area contributed by atoms with Crippen LogP contribution in [0.4, 0.5) is 5.69 Å². The minimum absolute atomic E-state index is 0.114. The number of carbonyl (C=O) groups excluding carboxylic acids is 2. The Kier molecular flexibility index (Phi) is 6.85. The minimum Gasteiger partial charge on any atom is -0.494 e. The van der Waals surface area contributed by atoms with Crippen molar-refractivity contribution in [3.63, 3.8) is 0 Å². The second-order valence-electron chi connectivity index (χ2n) is 8.90. The number of aromatic nitrogens is 1. The number of thiocarbonyl (C=S) groups is 1. The number of benzene rings is 2. The Labute approximate surface area is 224 Å². The lowest BCUT2D eigenvalue weighted by molar-refractivity contribution is -0.130. The predicted molar refractivity (Wildman–Crippen MR) is 149 cm³/mol. The Morgan fingerprint density at radius 2 is 1.86 bits per heavy atom.